The minimum atomic E-state index is 0.0635. The van der Waals surface area contributed by atoms with Crippen LogP contribution in [0.1, 0.15) is 31.6 Å². The first kappa shape index (κ1) is 21.2. The van der Waals surface area contributed by atoms with Crippen molar-refractivity contribution in [2.75, 3.05) is 26.2 Å². The molecule has 0 bridgehead atoms. The first-order valence-electron chi connectivity index (χ1n) is 9.06. The molecule has 0 atom stereocenters. The van der Waals surface area contributed by atoms with E-state index in [1.165, 1.54) is 0 Å². The number of rotatable bonds is 10. The molecule has 1 aromatic carbocycles. The summed E-state index contributed by atoms with van der Waals surface area (Å²) in [7, 11) is 0. The van der Waals surface area contributed by atoms with Crippen molar-refractivity contribution in [3.05, 3.63) is 45.3 Å². The van der Waals surface area contributed by atoms with Gasteiger partial charge in [-0.15, -0.1) is 11.3 Å². The molecule has 2 rings (SSSR count). The number of hydrogen-bond acceptors (Lipinski definition) is 3. The van der Waals surface area contributed by atoms with Crippen LogP contribution in [0.2, 0.25) is 10.0 Å². The van der Waals surface area contributed by atoms with E-state index in [0.717, 1.165) is 47.8 Å². The Bertz CT molecular complexity index is 712. The largest absolute Gasteiger partial charge is 0.355 e. The van der Waals surface area contributed by atoms with Gasteiger partial charge in [-0.05, 0) is 50.2 Å². The van der Waals surface area contributed by atoms with E-state index in [1.54, 1.807) is 17.4 Å². The molecule has 26 heavy (non-hydrogen) atoms. The summed E-state index contributed by atoms with van der Waals surface area (Å²) in [5.74, 6) is 0.0635. The van der Waals surface area contributed by atoms with E-state index in [-0.39, 0.29) is 5.91 Å². The van der Waals surface area contributed by atoms with Gasteiger partial charge in [-0.3, -0.25) is 4.79 Å². The Kier molecular flexibility index (Phi) is 8.93. The van der Waals surface area contributed by atoms with E-state index in [1.807, 2.05) is 24.3 Å². The second kappa shape index (κ2) is 10.9. The Labute approximate surface area is 170 Å². The van der Waals surface area contributed by atoms with E-state index < -0.39 is 0 Å². The molecule has 0 saturated carbocycles. The molecule has 0 aliphatic carbocycles. The van der Waals surface area contributed by atoms with Gasteiger partial charge in [0.15, 0.2) is 0 Å². The molecule has 0 unspecified atom stereocenters. The van der Waals surface area contributed by atoms with Crippen molar-refractivity contribution in [1.82, 2.24) is 10.2 Å². The quantitative estimate of drug-likeness (QED) is 0.558. The average molecular weight is 413 g/mol. The Balaban J connectivity index is 1.85. The summed E-state index contributed by atoms with van der Waals surface area (Å²) in [5, 5.41) is 4.28. The molecular formula is C20H26Cl2N2OS. The highest BCUT2D eigenvalue weighted by Gasteiger charge is 2.10. The van der Waals surface area contributed by atoms with E-state index in [0.29, 0.717) is 23.0 Å². The van der Waals surface area contributed by atoms with E-state index in [9.17, 15) is 4.79 Å². The fourth-order valence-corrected chi connectivity index (χ4v) is 4.46. The second-order valence-corrected chi connectivity index (χ2v) is 8.27. The minimum absolute atomic E-state index is 0.0635. The smallest absolute Gasteiger partial charge is 0.225 e. The van der Waals surface area contributed by atoms with Gasteiger partial charge in [0, 0.05) is 33.4 Å². The van der Waals surface area contributed by atoms with Crippen molar-refractivity contribution in [2.45, 2.75) is 33.1 Å². The van der Waals surface area contributed by atoms with Crippen LogP contribution in [0.4, 0.5) is 0 Å². The summed E-state index contributed by atoms with van der Waals surface area (Å²) < 4.78 is 0. The predicted octanol–water partition coefficient (Wildman–Crippen LogP) is 5.50. The standard InChI is InChI=1S/C20H26Cl2N2OS/c1-3-10-24(11-4-2)12-9-23-20(25)14-16-6-8-19(26-16)17-7-5-15(21)13-18(17)22/h5-8,13H,3-4,9-12,14H2,1-2H3,(H,23,25). The number of hydrogen-bond donors (Lipinski definition) is 1. The van der Waals surface area contributed by atoms with Crippen molar-refractivity contribution >= 4 is 40.4 Å². The van der Waals surface area contributed by atoms with Gasteiger partial charge in [-0.1, -0.05) is 43.1 Å². The van der Waals surface area contributed by atoms with Gasteiger partial charge in [0.25, 0.3) is 0 Å². The van der Waals surface area contributed by atoms with E-state index in [2.05, 4.69) is 24.1 Å². The minimum Gasteiger partial charge on any atom is -0.355 e. The van der Waals surface area contributed by atoms with E-state index in [4.69, 9.17) is 23.2 Å². The second-order valence-electron chi connectivity index (χ2n) is 6.26. The van der Waals surface area contributed by atoms with Crippen LogP contribution in [0.25, 0.3) is 10.4 Å². The van der Waals surface area contributed by atoms with E-state index >= 15 is 0 Å². The molecule has 142 valence electrons. The first-order valence-corrected chi connectivity index (χ1v) is 10.6. The molecule has 0 aliphatic rings. The highest BCUT2D eigenvalue weighted by atomic mass is 35.5. The van der Waals surface area contributed by atoms with Crippen LogP contribution in [-0.2, 0) is 11.2 Å². The normalized spacial score (nSPS) is 11.1. The molecule has 0 saturated heterocycles. The Morgan fingerprint density at radius 2 is 1.81 bits per heavy atom. The van der Waals surface area contributed by atoms with Gasteiger partial charge in [0.1, 0.15) is 0 Å². The first-order chi connectivity index (χ1) is 12.5. The zero-order valence-electron chi connectivity index (χ0n) is 15.4. The van der Waals surface area contributed by atoms with Gasteiger partial charge < -0.3 is 10.2 Å². The van der Waals surface area contributed by atoms with Gasteiger partial charge in [-0.2, -0.15) is 0 Å². The zero-order valence-corrected chi connectivity index (χ0v) is 17.7. The monoisotopic (exact) mass is 412 g/mol. The highest BCUT2D eigenvalue weighted by Crippen LogP contribution is 2.35. The fourth-order valence-electron chi connectivity index (χ4n) is 2.85. The van der Waals surface area contributed by atoms with Crippen molar-refractivity contribution in [3.63, 3.8) is 0 Å². The molecule has 2 aromatic rings. The summed E-state index contributed by atoms with van der Waals surface area (Å²) in [5.41, 5.74) is 0.947. The molecule has 1 heterocycles. The topological polar surface area (TPSA) is 32.3 Å². The van der Waals surface area contributed by atoms with Crippen molar-refractivity contribution < 1.29 is 4.79 Å². The van der Waals surface area contributed by atoms with Crippen LogP contribution in [0.3, 0.4) is 0 Å². The van der Waals surface area contributed by atoms with Crippen LogP contribution in [0, 0.1) is 0 Å². The predicted molar refractivity (Wildman–Crippen MR) is 114 cm³/mol. The fraction of sp³-hybridized carbons (Fsp3) is 0.450. The highest BCUT2D eigenvalue weighted by molar-refractivity contribution is 7.15. The molecule has 0 fully saturated rings. The number of carbonyl (C=O) groups excluding carboxylic acids is 1. The maximum absolute atomic E-state index is 12.2. The molecule has 0 spiro atoms. The zero-order chi connectivity index (χ0) is 18.9. The lowest BCUT2D eigenvalue weighted by Gasteiger charge is -2.20. The van der Waals surface area contributed by atoms with Crippen LogP contribution >= 0.6 is 34.5 Å². The molecule has 1 aromatic heterocycles. The Morgan fingerprint density at radius 1 is 1.08 bits per heavy atom. The molecule has 1 N–H and O–H groups in total. The van der Waals surface area contributed by atoms with Crippen LogP contribution in [-0.4, -0.2) is 37.0 Å². The third-order valence-electron chi connectivity index (χ3n) is 4.02. The van der Waals surface area contributed by atoms with Gasteiger partial charge in [-0.25, -0.2) is 0 Å². The molecule has 3 nitrogen and oxygen atoms in total. The third kappa shape index (κ3) is 6.58. The third-order valence-corrected chi connectivity index (χ3v) is 5.69. The Morgan fingerprint density at radius 3 is 2.46 bits per heavy atom. The van der Waals surface area contributed by atoms with Gasteiger partial charge >= 0.3 is 0 Å². The number of carbonyl (C=O) groups is 1. The Hall–Kier alpha value is -1.07. The number of nitrogens with zero attached hydrogens (tertiary/aromatic N) is 1. The molecule has 0 aliphatic heterocycles. The maximum Gasteiger partial charge on any atom is 0.225 e. The van der Waals surface area contributed by atoms with Crippen molar-refractivity contribution in [3.8, 4) is 10.4 Å². The molecule has 1 amide bonds. The van der Waals surface area contributed by atoms with Crippen molar-refractivity contribution in [1.29, 1.82) is 0 Å². The van der Waals surface area contributed by atoms with Crippen molar-refractivity contribution in [2.24, 2.45) is 0 Å². The SMILES string of the molecule is CCCN(CCC)CCNC(=O)Cc1ccc(-c2ccc(Cl)cc2Cl)s1. The lowest BCUT2D eigenvalue weighted by atomic mass is 10.2. The molecule has 6 heteroatoms. The van der Waals surface area contributed by atoms with Crippen LogP contribution < -0.4 is 5.32 Å². The number of amides is 1. The number of halogens is 2. The molecule has 0 radical (unpaired) electrons. The van der Waals surface area contributed by atoms with Gasteiger partial charge in [0.05, 0.1) is 11.4 Å². The number of thiophene rings is 1. The van der Waals surface area contributed by atoms with Gasteiger partial charge in [0.2, 0.25) is 5.91 Å². The maximum atomic E-state index is 12.2. The summed E-state index contributed by atoms with van der Waals surface area (Å²) in [4.78, 5) is 16.7. The average Bonchev–Trinajstić information content (AvgIpc) is 3.03. The summed E-state index contributed by atoms with van der Waals surface area (Å²) in [6.45, 7) is 8.13. The lowest BCUT2D eigenvalue weighted by molar-refractivity contribution is -0.120. The summed E-state index contributed by atoms with van der Waals surface area (Å²) in [6.07, 6.45) is 2.68. The van der Waals surface area contributed by atoms with Crippen LogP contribution in [0.15, 0.2) is 30.3 Å². The number of benzene rings is 1. The number of nitrogens with one attached hydrogen (secondary N) is 1. The summed E-state index contributed by atoms with van der Waals surface area (Å²) in [6, 6.07) is 9.48. The summed E-state index contributed by atoms with van der Waals surface area (Å²) >= 11 is 13.8. The molecular weight excluding hydrogens is 387 g/mol. The van der Waals surface area contributed by atoms with Crippen LogP contribution in [0.5, 0.6) is 0 Å². The lowest BCUT2D eigenvalue weighted by Crippen LogP contribution is -2.36.